The number of thiol groups is 1. The maximum atomic E-state index is 11.0. The van der Waals surface area contributed by atoms with Crippen LogP contribution in [-0.4, -0.2) is 70.4 Å². The highest BCUT2D eigenvalue weighted by Crippen LogP contribution is 2.24. The smallest absolute Gasteiger partial charge is 0.294 e. The Morgan fingerprint density at radius 2 is 2.21 bits per heavy atom. The van der Waals surface area contributed by atoms with Gasteiger partial charge in [-0.3, -0.25) is 4.79 Å². The molecule has 0 saturated carbocycles. The molecule has 2 rings (SSSR count). The summed E-state index contributed by atoms with van der Waals surface area (Å²) in [6.45, 7) is 3.34. The van der Waals surface area contributed by atoms with E-state index in [1.165, 1.54) is 0 Å². The van der Waals surface area contributed by atoms with Crippen LogP contribution in [0.3, 0.4) is 0 Å². The number of aryl methyl sites for hydroxylation is 1. The topological polar surface area (TPSA) is 141 Å². The molecule has 162 valence electrons. The molecule has 1 aromatic heterocycles. The molecule has 0 saturated heterocycles. The Kier molecular flexibility index (Phi) is 11.5. The van der Waals surface area contributed by atoms with Crippen LogP contribution in [0.15, 0.2) is 24.5 Å². The van der Waals surface area contributed by atoms with E-state index in [0.717, 1.165) is 11.0 Å². The molecule has 2 aromatic rings. The van der Waals surface area contributed by atoms with Gasteiger partial charge in [-0.1, -0.05) is 6.07 Å². The van der Waals surface area contributed by atoms with Gasteiger partial charge >= 0.3 is 0 Å². The number of nitrogens with one attached hydrogen (secondary N) is 2. The summed E-state index contributed by atoms with van der Waals surface area (Å²) in [6.07, 6.45) is 1.09. The zero-order valence-corrected chi connectivity index (χ0v) is 17.3. The molecule has 12 heteroatoms. The Labute approximate surface area is 173 Å². The van der Waals surface area contributed by atoms with Gasteiger partial charge in [-0.25, -0.2) is 4.98 Å². The number of ether oxygens (including phenoxy) is 1. The molecule has 1 unspecified atom stereocenters. The molecule has 1 aromatic carbocycles. The number of amides is 1. The normalized spacial score (nSPS) is 11.3. The van der Waals surface area contributed by atoms with Crippen molar-refractivity contribution < 1.29 is 24.6 Å². The summed E-state index contributed by atoms with van der Waals surface area (Å²) in [5, 5.41) is 24.1. The quantitative estimate of drug-likeness (QED) is 0.171. The lowest BCUT2D eigenvalue weighted by Crippen LogP contribution is -2.37. The van der Waals surface area contributed by atoms with Crippen LogP contribution in [-0.2, 0) is 16.7 Å². The molecule has 0 fully saturated rings. The van der Waals surface area contributed by atoms with Gasteiger partial charge in [-0.2, -0.15) is 12.6 Å². The molecule has 0 aliphatic carbocycles. The number of hydrogen-bond acceptors (Lipinski definition) is 9. The zero-order chi connectivity index (χ0) is 21.6. The number of fused-ring (bicyclic) bond motifs is 1. The number of rotatable bonds is 11. The summed E-state index contributed by atoms with van der Waals surface area (Å²) in [5.74, 6) is 0.765. The standard InChI is InChI=1S/C15H22N4O3S.C2H5NO3/c1-19-10-18-12-3-2-4-13(15(12)19)22-8-11(20)7-16-5-6-17-14(21)9-23;1-2-6-3(4)5/h2-4,10-11,16,20,23H,5-9H2,1H3,(H,17,21);2H2,1H3. The van der Waals surface area contributed by atoms with Crippen LogP contribution >= 0.6 is 12.6 Å². The highest BCUT2D eigenvalue weighted by Gasteiger charge is 2.10. The number of para-hydroxylation sites is 1. The molecule has 0 radical (unpaired) electrons. The van der Waals surface area contributed by atoms with E-state index in [4.69, 9.17) is 4.74 Å². The lowest BCUT2D eigenvalue weighted by molar-refractivity contribution is -0.756. The van der Waals surface area contributed by atoms with Gasteiger partial charge < -0.3 is 29.9 Å². The maximum absolute atomic E-state index is 11.0. The van der Waals surface area contributed by atoms with Crippen molar-refractivity contribution in [2.24, 2.45) is 7.05 Å². The monoisotopic (exact) mass is 429 g/mol. The van der Waals surface area contributed by atoms with Crippen molar-refractivity contribution in [3.05, 3.63) is 34.6 Å². The van der Waals surface area contributed by atoms with Gasteiger partial charge in [0.05, 0.1) is 24.2 Å². The largest absolute Gasteiger partial charge is 0.489 e. The molecule has 0 bridgehead atoms. The Bertz CT molecular complexity index is 772. The first-order valence-corrected chi connectivity index (χ1v) is 9.58. The fourth-order valence-corrected chi connectivity index (χ4v) is 2.37. The van der Waals surface area contributed by atoms with Gasteiger partial charge in [0.1, 0.15) is 24.0 Å². The van der Waals surface area contributed by atoms with E-state index >= 15 is 0 Å². The molecule has 0 spiro atoms. The minimum Gasteiger partial charge on any atom is -0.489 e. The second kappa shape index (κ2) is 13.6. The summed E-state index contributed by atoms with van der Waals surface area (Å²) in [5.41, 5.74) is 1.76. The number of aliphatic hydroxyl groups excluding tert-OH is 1. The van der Waals surface area contributed by atoms with E-state index in [1.54, 1.807) is 13.3 Å². The number of imidazole rings is 1. The molecule has 1 amide bonds. The third-order valence-corrected chi connectivity index (χ3v) is 3.80. The van der Waals surface area contributed by atoms with E-state index < -0.39 is 11.2 Å². The summed E-state index contributed by atoms with van der Waals surface area (Å²) < 4.78 is 7.59. The Morgan fingerprint density at radius 1 is 1.45 bits per heavy atom. The van der Waals surface area contributed by atoms with Crippen molar-refractivity contribution in [2.75, 3.05) is 38.6 Å². The van der Waals surface area contributed by atoms with E-state index in [2.05, 4.69) is 33.1 Å². The molecular formula is C17H27N5O6S. The van der Waals surface area contributed by atoms with Crippen LogP contribution in [0, 0.1) is 10.1 Å². The lowest BCUT2D eigenvalue weighted by atomic mass is 10.3. The second-order valence-electron chi connectivity index (χ2n) is 5.80. The van der Waals surface area contributed by atoms with Crippen LogP contribution in [0.5, 0.6) is 5.75 Å². The summed E-state index contributed by atoms with van der Waals surface area (Å²) in [6, 6.07) is 5.65. The van der Waals surface area contributed by atoms with Gasteiger partial charge in [0, 0.05) is 26.7 Å². The van der Waals surface area contributed by atoms with Gasteiger partial charge in [-0.05, 0) is 19.1 Å². The minimum atomic E-state index is -0.819. The summed E-state index contributed by atoms with van der Waals surface area (Å²) >= 11 is 3.87. The number of aliphatic hydroxyl groups is 1. The predicted octanol–water partition coefficient (Wildman–Crippen LogP) is 0.163. The fourth-order valence-electron chi connectivity index (χ4n) is 2.26. The zero-order valence-electron chi connectivity index (χ0n) is 16.4. The first-order chi connectivity index (χ1) is 13.9. The molecule has 11 nitrogen and oxygen atoms in total. The van der Waals surface area contributed by atoms with Crippen molar-refractivity contribution in [2.45, 2.75) is 13.0 Å². The second-order valence-corrected chi connectivity index (χ2v) is 6.11. The van der Waals surface area contributed by atoms with Crippen molar-refractivity contribution in [3.63, 3.8) is 0 Å². The number of carbonyl (C=O) groups is 1. The third-order valence-electron chi connectivity index (χ3n) is 3.51. The predicted molar refractivity (Wildman–Crippen MR) is 111 cm³/mol. The lowest BCUT2D eigenvalue weighted by Gasteiger charge is -2.14. The van der Waals surface area contributed by atoms with Crippen LogP contribution < -0.4 is 15.4 Å². The number of nitrogens with zero attached hydrogens (tertiary/aromatic N) is 3. The van der Waals surface area contributed by atoms with Crippen LogP contribution in [0.1, 0.15) is 6.92 Å². The Morgan fingerprint density at radius 3 is 2.83 bits per heavy atom. The van der Waals surface area contributed by atoms with E-state index in [1.807, 2.05) is 29.8 Å². The molecule has 0 aliphatic rings. The van der Waals surface area contributed by atoms with Crippen LogP contribution in [0.4, 0.5) is 0 Å². The highest BCUT2D eigenvalue weighted by atomic mass is 32.1. The van der Waals surface area contributed by atoms with Crippen molar-refractivity contribution >= 4 is 29.6 Å². The van der Waals surface area contributed by atoms with Gasteiger partial charge in [0.2, 0.25) is 5.91 Å². The van der Waals surface area contributed by atoms with Crippen molar-refractivity contribution in [1.82, 2.24) is 20.2 Å². The van der Waals surface area contributed by atoms with E-state index in [0.29, 0.717) is 25.4 Å². The van der Waals surface area contributed by atoms with Gasteiger partial charge in [0.25, 0.3) is 5.09 Å². The molecule has 0 aliphatic heterocycles. The number of carbonyl (C=O) groups excluding carboxylic acids is 1. The summed E-state index contributed by atoms with van der Waals surface area (Å²) in [7, 11) is 1.90. The van der Waals surface area contributed by atoms with Crippen LogP contribution in [0.2, 0.25) is 0 Å². The minimum absolute atomic E-state index is 0.108. The third kappa shape index (κ3) is 9.45. The molecule has 1 atom stereocenters. The van der Waals surface area contributed by atoms with Gasteiger partial charge in [-0.15, -0.1) is 10.1 Å². The average molecular weight is 429 g/mol. The van der Waals surface area contributed by atoms with Gasteiger partial charge in [0.15, 0.2) is 0 Å². The average Bonchev–Trinajstić information content (AvgIpc) is 3.08. The fraction of sp³-hybridized carbons (Fsp3) is 0.529. The first-order valence-electron chi connectivity index (χ1n) is 8.95. The molecule has 3 N–H and O–H groups in total. The molecule has 1 heterocycles. The van der Waals surface area contributed by atoms with Crippen molar-refractivity contribution in [3.8, 4) is 5.75 Å². The van der Waals surface area contributed by atoms with Crippen molar-refractivity contribution in [1.29, 1.82) is 0 Å². The Hall–Kier alpha value is -2.57. The number of hydrogen-bond donors (Lipinski definition) is 4. The first kappa shape index (κ1) is 24.5. The van der Waals surface area contributed by atoms with Crippen LogP contribution in [0.25, 0.3) is 11.0 Å². The van der Waals surface area contributed by atoms with E-state index in [9.17, 15) is 20.0 Å². The number of benzene rings is 1. The molecule has 29 heavy (non-hydrogen) atoms. The highest BCUT2D eigenvalue weighted by molar-refractivity contribution is 7.81. The number of aromatic nitrogens is 2. The van der Waals surface area contributed by atoms with E-state index in [-0.39, 0.29) is 24.9 Å². The SMILES string of the molecule is CCO[N+](=O)[O-].Cn1cnc2cccc(OCC(O)CNCCNC(=O)CS)c21. The maximum Gasteiger partial charge on any atom is 0.294 e. The Balaban J connectivity index is 0.000000612. The summed E-state index contributed by atoms with van der Waals surface area (Å²) in [4.78, 5) is 28.2. The molecular weight excluding hydrogens is 402 g/mol.